The Morgan fingerprint density at radius 2 is 2.00 bits per heavy atom. The molecule has 0 aliphatic heterocycles. The van der Waals surface area contributed by atoms with E-state index < -0.39 is 0 Å². The molecule has 0 spiro atoms. The van der Waals surface area contributed by atoms with Gasteiger partial charge in [0.15, 0.2) is 6.61 Å². The maximum atomic E-state index is 12.0. The van der Waals surface area contributed by atoms with Crippen LogP contribution in [0.4, 0.5) is 0 Å². The number of hydrogen-bond donors (Lipinski definition) is 0. The van der Waals surface area contributed by atoms with Crippen molar-refractivity contribution in [1.29, 1.82) is 0 Å². The highest BCUT2D eigenvalue weighted by Gasteiger charge is 2.12. The molecule has 1 aromatic carbocycles. The third kappa shape index (κ3) is 4.08. The van der Waals surface area contributed by atoms with E-state index in [2.05, 4.69) is 5.16 Å². The van der Waals surface area contributed by atoms with Gasteiger partial charge in [-0.25, -0.2) is 0 Å². The highest BCUT2D eigenvalue weighted by Crippen LogP contribution is 2.16. The zero-order chi connectivity index (χ0) is 15.4. The van der Waals surface area contributed by atoms with Crippen molar-refractivity contribution < 1.29 is 14.1 Å². The summed E-state index contributed by atoms with van der Waals surface area (Å²) in [5.74, 6) is 1.34. The van der Waals surface area contributed by atoms with Crippen molar-refractivity contribution in [2.24, 2.45) is 0 Å². The van der Waals surface area contributed by atoms with Gasteiger partial charge in [-0.05, 0) is 44.0 Å². The Balaban J connectivity index is 1.87. The van der Waals surface area contributed by atoms with Crippen LogP contribution in [-0.2, 0) is 11.3 Å². The molecule has 1 aromatic heterocycles. The first-order valence-corrected chi connectivity index (χ1v) is 6.82. The molecule has 112 valence electrons. The molecule has 2 aromatic rings. The summed E-state index contributed by atoms with van der Waals surface area (Å²) in [5.41, 5.74) is 3.08. The Hall–Kier alpha value is -2.30. The van der Waals surface area contributed by atoms with Gasteiger partial charge >= 0.3 is 0 Å². The van der Waals surface area contributed by atoms with Crippen molar-refractivity contribution in [2.45, 2.75) is 27.3 Å². The fourth-order valence-electron chi connectivity index (χ4n) is 1.88. The first-order chi connectivity index (χ1) is 9.95. The fraction of sp³-hybridized carbons (Fsp3) is 0.375. The van der Waals surface area contributed by atoms with Gasteiger partial charge in [-0.2, -0.15) is 0 Å². The number of aryl methyl sites for hydroxylation is 3. The normalized spacial score (nSPS) is 10.5. The molecule has 5 nitrogen and oxygen atoms in total. The Morgan fingerprint density at radius 3 is 2.62 bits per heavy atom. The molecule has 0 saturated carbocycles. The number of carbonyl (C=O) groups excluding carboxylic acids is 1. The van der Waals surface area contributed by atoms with Crippen molar-refractivity contribution in [1.82, 2.24) is 10.1 Å². The molecule has 0 radical (unpaired) electrons. The number of benzene rings is 1. The largest absolute Gasteiger partial charge is 0.484 e. The molecule has 1 amide bonds. The standard InChI is InChI=1S/C16H20N2O3/c1-11-5-6-15(7-12(11)2)20-10-16(19)18(4)9-14-8-13(3)21-17-14/h5-8H,9-10H2,1-4H3. The van der Waals surface area contributed by atoms with Gasteiger partial charge in [-0.1, -0.05) is 11.2 Å². The summed E-state index contributed by atoms with van der Waals surface area (Å²) in [6.07, 6.45) is 0. The molecule has 0 fully saturated rings. The number of nitrogens with zero attached hydrogens (tertiary/aromatic N) is 2. The quantitative estimate of drug-likeness (QED) is 0.848. The number of carbonyl (C=O) groups is 1. The third-order valence-electron chi connectivity index (χ3n) is 3.34. The molecule has 0 bridgehead atoms. The van der Waals surface area contributed by atoms with Crippen LogP contribution < -0.4 is 4.74 Å². The highest BCUT2D eigenvalue weighted by molar-refractivity contribution is 5.77. The van der Waals surface area contributed by atoms with Crippen LogP contribution in [-0.4, -0.2) is 29.6 Å². The molecule has 0 saturated heterocycles. The van der Waals surface area contributed by atoms with Gasteiger partial charge in [-0.15, -0.1) is 0 Å². The van der Waals surface area contributed by atoms with Crippen molar-refractivity contribution in [3.8, 4) is 5.75 Å². The van der Waals surface area contributed by atoms with E-state index in [9.17, 15) is 4.79 Å². The number of rotatable bonds is 5. The van der Waals surface area contributed by atoms with E-state index in [1.54, 1.807) is 11.9 Å². The third-order valence-corrected chi connectivity index (χ3v) is 3.34. The second-order valence-corrected chi connectivity index (χ2v) is 5.21. The van der Waals surface area contributed by atoms with Gasteiger partial charge < -0.3 is 14.2 Å². The van der Waals surface area contributed by atoms with Gasteiger partial charge in [0.25, 0.3) is 5.91 Å². The molecule has 0 unspecified atom stereocenters. The second kappa shape index (κ2) is 6.43. The maximum Gasteiger partial charge on any atom is 0.260 e. The minimum Gasteiger partial charge on any atom is -0.484 e. The van der Waals surface area contributed by atoms with Crippen molar-refractivity contribution in [3.05, 3.63) is 46.8 Å². The first kappa shape index (κ1) is 15.1. The van der Waals surface area contributed by atoms with Gasteiger partial charge in [0, 0.05) is 13.1 Å². The van der Waals surface area contributed by atoms with Gasteiger partial charge in [0.2, 0.25) is 0 Å². The molecule has 0 aliphatic carbocycles. The average molecular weight is 288 g/mol. The highest BCUT2D eigenvalue weighted by atomic mass is 16.5. The maximum absolute atomic E-state index is 12.0. The van der Waals surface area contributed by atoms with Crippen LogP contribution >= 0.6 is 0 Å². The van der Waals surface area contributed by atoms with Crippen LogP contribution in [0.5, 0.6) is 5.75 Å². The first-order valence-electron chi connectivity index (χ1n) is 6.82. The summed E-state index contributed by atoms with van der Waals surface area (Å²) in [6.45, 7) is 6.30. The predicted molar refractivity (Wildman–Crippen MR) is 79.1 cm³/mol. The molecule has 5 heteroatoms. The van der Waals surface area contributed by atoms with Crippen LogP contribution in [0, 0.1) is 20.8 Å². The summed E-state index contributed by atoms with van der Waals surface area (Å²) in [4.78, 5) is 13.6. The number of amides is 1. The average Bonchev–Trinajstić information content (AvgIpc) is 2.85. The second-order valence-electron chi connectivity index (χ2n) is 5.21. The summed E-state index contributed by atoms with van der Waals surface area (Å²) in [6, 6.07) is 7.60. The van der Waals surface area contributed by atoms with Crippen LogP contribution in [0.2, 0.25) is 0 Å². The van der Waals surface area contributed by atoms with E-state index in [1.165, 1.54) is 5.56 Å². The van der Waals surface area contributed by atoms with Gasteiger partial charge in [0.1, 0.15) is 17.2 Å². The van der Waals surface area contributed by atoms with E-state index in [1.807, 2.05) is 45.0 Å². The number of ether oxygens (including phenoxy) is 1. The summed E-state index contributed by atoms with van der Waals surface area (Å²) < 4.78 is 10.5. The van der Waals surface area contributed by atoms with Crippen molar-refractivity contribution in [3.63, 3.8) is 0 Å². The number of aromatic nitrogens is 1. The lowest BCUT2D eigenvalue weighted by Crippen LogP contribution is -2.31. The lowest BCUT2D eigenvalue weighted by atomic mass is 10.1. The molecule has 0 N–H and O–H groups in total. The molecular formula is C16H20N2O3. The monoisotopic (exact) mass is 288 g/mol. The van der Waals surface area contributed by atoms with E-state index in [4.69, 9.17) is 9.26 Å². The van der Waals surface area contributed by atoms with Crippen LogP contribution in [0.15, 0.2) is 28.8 Å². The molecule has 2 rings (SSSR count). The summed E-state index contributed by atoms with van der Waals surface area (Å²) in [7, 11) is 1.72. The minimum atomic E-state index is -0.103. The Labute approximate surface area is 124 Å². The number of likely N-dealkylation sites (N-methyl/N-ethyl adjacent to an activating group) is 1. The Kier molecular flexibility index (Phi) is 4.62. The summed E-state index contributed by atoms with van der Waals surface area (Å²) >= 11 is 0. The number of hydrogen-bond acceptors (Lipinski definition) is 4. The SMILES string of the molecule is Cc1cc(CN(C)C(=O)COc2ccc(C)c(C)c2)no1. The van der Waals surface area contributed by atoms with Crippen molar-refractivity contribution in [2.75, 3.05) is 13.7 Å². The van der Waals surface area contributed by atoms with Gasteiger partial charge in [-0.3, -0.25) is 4.79 Å². The zero-order valence-electron chi connectivity index (χ0n) is 12.8. The van der Waals surface area contributed by atoms with Crippen LogP contribution in [0.1, 0.15) is 22.6 Å². The molecule has 21 heavy (non-hydrogen) atoms. The van der Waals surface area contributed by atoms with E-state index in [0.29, 0.717) is 12.3 Å². The van der Waals surface area contributed by atoms with E-state index in [0.717, 1.165) is 17.0 Å². The molecule has 0 aliphatic rings. The van der Waals surface area contributed by atoms with Crippen LogP contribution in [0.25, 0.3) is 0 Å². The van der Waals surface area contributed by atoms with E-state index in [-0.39, 0.29) is 12.5 Å². The van der Waals surface area contributed by atoms with E-state index >= 15 is 0 Å². The lowest BCUT2D eigenvalue weighted by molar-refractivity contribution is -0.132. The zero-order valence-corrected chi connectivity index (χ0v) is 12.8. The Bertz CT molecular complexity index is 634. The van der Waals surface area contributed by atoms with Gasteiger partial charge in [0.05, 0.1) is 6.54 Å². The smallest absolute Gasteiger partial charge is 0.260 e. The molecule has 0 atom stereocenters. The van der Waals surface area contributed by atoms with Crippen molar-refractivity contribution >= 4 is 5.91 Å². The Morgan fingerprint density at radius 1 is 1.24 bits per heavy atom. The predicted octanol–water partition coefficient (Wildman–Crippen LogP) is 2.64. The topological polar surface area (TPSA) is 55.6 Å². The summed E-state index contributed by atoms with van der Waals surface area (Å²) in [5, 5.41) is 3.87. The molecular weight excluding hydrogens is 268 g/mol. The fourth-order valence-corrected chi connectivity index (χ4v) is 1.88. The molecule has 1 heterocycles. The van der Waals surface area contributed by atoms with Crippen LogP contribution in [0.3, 0.4) is 0 Å². The minimum absolute atomic E-state index is 0.00976. The lowest BCUT2D eigenvalue weighted by Gasteiger charge is -2.16.